The highest BCUT2D eigenvalue weighted by Crippen LogP contribution is 2.23. The third-order valence-corrected chi connectivity index (χ3v) is 5.58. The number of urea groups is 1. The van der Waals surface area contributed by atoms with Gasteiger partial charge >= 0.3 is 6.03 Å². The van der Waals surface area contributed by atoms with Crippen LogP contribution in [0.15, 0.2) is 35.7 Å². The highest BCUT2D eigenvalue weighted by atomic mass is 32.2. The second-order valence-corrected chi connectivity index (χ2v) is 7.17. The number of piperazine rings is 1. The van der Waals surface area contributed by atoms with E-state index in [9.17, 15) is 13.2 Å². The number of rotatable bonds is 4. The molecule has 3 rings (SSSR count). The van der Waals surface area contributed by atoms with Crippen molar-refractivity contribution in [1.29, 1.82) is 0 Å². The van der Waals surface area contributed by atoms with E-state index in [1.54, 1.807) is 23.1 Å². The van der Waals surface area contributed by atoms with Crippen molar-refractivity contribution in [3.63, 3.8) is 0 Å². The molecule has 0 saturated carbocycles. The smallest absolute Gasteiger partial charge is 0.322 e. The number of hydrogen-bond acceptors (Lipinski definition) is 6. The summed E-state index contributed by atoms with van der Waals surface area (Å²) in [5.74, 6) is 0.558. The van der Waals surface area contributed by atoms with Gasteiger partial charge in [-0.05, 0) is 12.1 Å². The largest absolute Gasteiger partial charge is 0.495 e. The summed E-state index contributed by atoms with van der Waals surface area (Å²) in [7, 11) is -2.19. The van der Waals surface area contributed by atoms with Gasteiger partial charge in [0.1, 0.15) is 12.1 Å². The third kappa shape index (κ3) is 3.56. The topological polar surface area (TPSA) is 121 Å². The van der Waals surface area contributed by atoms with E-state index in [2.05, 4.69) is 20.5 Å². The lowest BCUT2D eigenvalue weighted by atomic mass is 10.3. The molecule has 2 aromatic rings. The molecule has 1 saturated heterocycles. The summed E-state index contributed by atoms with van der Waals surface area (Å²) >= 11 is 0. The zero-order valence-electron chi connectivity index (χ0n) is 13.5. The second kappa shape index (κ2) is 7.07. The fourth-order valence-corrected chi connectivity index (χ4v) is 3.75. The number of benzene rings is 1. The molecular formula is C14H18N6O4S. The molecule has 2 N–H and O–H groups in total. The van der Waals surface area contributed by atoms with Crippen LogP contribution in [-0.2, 0) is 10.0 Å². The zero-order valence-corrected chi connectivity index (χ0v) is 14.4. The van der Waals surface area contributed by atoms with Crippen LogP contribution in [-0.4, -0.2) is 72.1 Å². The fourth-order valence-electron chi connectivity index (χ4n) is 2.51. The van der Waals surface area contributed by atoms with Gasteiger partial charge in [0.05, 0.1) is 12.8 Å². The van der Waals surface area contributed by atoms with Crippen LogP contribution >= 0.6 is 0 Å². The summed E-state index contributed by atoms with van der Waals surface area (Å²) in [6.07, 6.45) is 1.14. The summed E-state index contributed by atoms with van der Waals surface area (Å²) in [5.41, 5.74) is 0.562. The first-order chi connectivity index (χ1) is 12.0. The van der Waals surface area contributed by atoms with E-state index in [0.29, 0.717) is 11.4 Å². The van der Waals surface area contributed by atoms with Crippen molar-refractivity contribution < 1.29 is 17.9 Å². The van der Waals surface area contributed by atoms with E-state index < -0.39 is 10.0 Å². The number of nitrogens with zero attached hydrogens (tertiary/aromatic N) is 4. The number of para-hydroxylation sites is 2. The number of aromatic amines is 1. The van der Waals surface area contributed by atoms with Gasteiger partial charge in [0.15, 0.2) is 0 Å². The molecule has 2 heterocycles. The van der Waals surface area contributed by atoms with Gasteiger partial charge < -0.3 is 15.0 Å². The lowest BCUT2D eigenvalue weighted by Crippen LogP contribution is -2.51. The molecule has 1 aliphatic heterocycles. The third-order valence-electron chi connectivity index (χ3n) is 3.85. The number of ether oxygens (including phenoxy) is 1. The number of sulfonamides is 1. The minimum Gasteiger partial charge on any atom is -0.495 e. The van der Waals surface area contributed by atoms with Gasteiger partial charge in [-0.2, -0.15) is 9.40 Å². The van der Waals surface area contributed by atoms with Crippen molar-refractivity contribution in [3.8, 4) is 5.75 Å². The molecule has 25 heavy (non-hydrogen) atoms. The lowest BCUT2D eigenvalue weighted by molar-refractivity contribution is 0.184. The molecule has 1 aromatic carbocycles. The number of amides is 2. The highest BCUT2D eigenvalue weighted by molar-refractivity contribution is 7.88. The summed E-state index contributed by atoms with van der Waals surface area (Å²) < 4.78 is 31.2. The Morgan fingerprint density at radius 3 is 2.60 bits per heavy atom. The van der Waals surface area contributed by atoms with Crippen LogP contribution in [0.2, 0.25) is 0 Å². The number of aromatic nitrogens is 3. The maximum atomic E-state index is 12.4. The predicted octanol–water partition coefficient (Wildman–Crippen LogP) is 0.352. The average Bonchev–Trinajstić information content (AvgIpc) is 3.18. The van der Waals surface area contributed by atoms with Crippen molar-refractivity contribution >= 4 is 21.7 Å². The summed E-state index contributed by atoms with van der Waals surface area (Å²) in [6, 6.07) is 6.78. The Bertz CT molecular complexity index is 831. The van der Waals surface area contributed by atoms with E-state index in [-0.39, 0.29) is 37.4 Å². The molecule has 0 atom stereocenters. The molecule has 11 heteroatoms. The molecule has 0 bridgehead atoms. The van der Waals surface area contributed by atoms with Crippen LogP contribution in [0.25, 0.3) is 0 Å². The number of methoxy groups -OCH3 is 1. The first-order valence-corrected chi connectivity index (χ1v) is 9.01. The van der Waals surface area contributed by atoms with Crippen LogP contribution in [0.1, 0.15) is 0 Å². The molecule has 0 radical (unpaired) electrons. The number of anilines is 1. The van der Waals surface area contributed by atoms with E-state index in [1.165, 1.54) is 11.4 Å². The van der Waals surface area contributed by atoms with Crippen molar-refractivity contribution in [3.05, 3.63) is 30.6 Å². The van der Waals surface area contributed by atoms with Crippen molar-refractivity contribution in [2.75, 3.05) is 38.6 Å². The SMILES string of the molecule is COc1ccccc1NC(=O)N1CCN(S(=O)(=O)c2ncn[nH]2)CC1. The molecule has 134 valence electrons. The maximum absolute atomic E-state index is 12.4. The van der Waals surface area contributed by atoms with Gasteiger partial charge in [-0.25, -0.2) is 23.3 Å². The molecular weight excluding hydrogens is 348 g/mol. The quantitative estimate of drug-likeness (QED) is 0.806. The zero-order chi connectivity index (χ0) is 17.9. The molecule has 1 fully saturated rings. The second-order valence-electron chi connectivity index (χ2n) is 5.31. The Kier molecular flexibility index (Phi) is 4.86. The molecule has 0 unspecified atom stereocenters. The van der Waals surface area contributed by atoms with Crippen LogP contribution in [0.3, 0.4) is 0 Å². The van der Waals surface area contributed by atoms with E-state index in [1.807, 2.05) is 6.07 Å². The Morgan fingerprint density at radius 2 is 1.96 bits per heavy atom. The Labute approximate surface area is 144 Å². The number of H-pyrrole nitrogens is 1. The van der Waals surface area contributed by atoms with Gasteiger partial charge in [0, 0.05) is 26.2 Å². The van der Waals surface area contributed by atoms with Gasteiger partial charge in [-0.1, -0.05) is 12.1 Å². The monoisotopic (exact) mass is 366 g/mol. The average molecular weight is 366 g/mol. The number of carbonyl (C=O) groups excluding carboxylic acids is 1. The first-order valence-electron chi connectivity index (χ1n) is 7.57. The van der Waals surface area contributed by atoms with Crippen LogP contribution < -0.4 is 10.1 Å². The molecule has 10 nitrogen and oxygen atoms in total. The van der Waals surface area contributed by atoms with Crippen molar-refractivity contribution in [2.24, 2.45) is 0 Å². The van der Waals surface area contributed by atoms with Crippen LogP contribution in [0, 0.1) is 0 Å². The number of hydrogen-bond donors (Lipinski definition) is 2. The fraction of sp³-hybridized carbons (Fsp3) is 0.357. The van der Waals surface area contributed by atoms with Gasteiger partial charge in [0.25, 0.3) is 15.2 Å². The maximum Gasteiger partial charge on any atom is 0.322 e. The van der Waals surface area contributed by atoms with Crippen molar-refractivity contribution in [2.45, 2.75) is 5.16 Å². The van der Waals surface area contributed by atoms with Gasteiger partial charge in [-0.15, -0.1) is 0 Å². The first kappa shape index (κ1) is 17.2. The minimum absolute atomic E-state index is 0.183. The van der Waals surface area contributed by atoms with Crippen molar-refractivity contribution in [1.82, 2.24) is 24.4 Å². The van der Waals surface area contributed by atoms with Crippen LogP contribution in [0.4, 0.5) is 10.5 Å². The van der Waals surface area contributed by atoms with Crippen LogP contribution in [0.5, 0.6) is 5.75 Å². The standard InChI is InChI=1S/C14H18N6O4S/c1-24-12-5-3-2-4-11(12)17-14(21)19-6-8-20(9-7-19)25(22,23)13-15-10-16-18-13/h2-5,10H,6-9H2,1H3,(H,17,21)(H,15,16,18). The highest BCUT2D eigenvalue weighted by Gasteiger charge is 2.32. The van der Waals surface area contributed by atoms with E-state index in [0.717, 1.165) is 6.33 Å². The Morgan fingerprint density at radius 1 is 1.24 bits per heavy atom. The molecule has 2 amide bonds. The molecule has 0 spiro atoms. The summed E-state index contributed by atoms with van der Waals surface area (Å²) in [4.78, 5) is 17.6. The molecule has 1 aromatic heterocycles. The molecule has 1 aliphatic rings. The Hall–Kier alpha value is -2.66. The summed E-state index contributed by atoms with van der Waals surface area (Å²) in [5, 5.41) is 8.50. The predicted molar refractivity (Wildman–Crippen MR) is 88.7 cm³/mol. The minimum atomic E-state index is -3.71. The van der Waals surface area contributed by atoms with Gasteiger partial charge in [0.2, 0.25) is 0 Å². The number of carbonyl (C=O) groups is 1. The summed E-state index contributed by atoms with van der Waals surface area (Å²) in [6.45, 7) is 0.910. The Balaban J connectivity index is 1.61. The van der Waals surface area contributed by atoms with Gasteiger partial charge in [-0.3, -0.25) is 0 Å². The molecule has 0 aliphatic carbocycles. The van der Waals surface area contributed by atoms with E-state index in [4.69, 9.17) is 4.74 Å². The normalized spacial score (nSPS) is 15.8. The number of nitrogens with one attached hydrogen (secondary N) is 2. The lowest BCUT2D eigenvalue weighted by Gasteiger charge is -2.33. The van der Waals surface area contributed by atoms with E-state index >= 15 is 0 Å².